The number of anilines is 2. The largest absolute Gasteiger partial charge is 0.373 e. The number of carbonyl (C=O) groups excluding carboxylic acids is 1. The first kappa shape index (κ1) is 14.2. The maximum atomic E-state index is 11.6. The first-order chi connectivity index (χ1) is 8.60. The second-order valence-corrected chi connectivity index (χ2v) is 4.13. The van der Waals surface area contributed by atoms with Crippen LogP contribution < -0.4 is 15.5 Å². The van der Waals surface area contributed by atoms with Gasteiger partial charge in [0.2, 0.25) is 5.91 Å². The van der Waals surface area contributed by atoms with Gasteiger partial charge in [0, 0.05) is 26.2 Å². The summed E-state index contributed by atoms with van der Waals surface area (Å²) in [5, 5.41) is 5.84. The van der Waals surface area contributed by atoms with Gasteiger partial charge in [-0.15, -0.1) is 0 Å². The van der Waals surface area contributed by atoms with E-state index in [-0.39, 0.29) is 5.91 Å². The molecule has 6 nitrogen and oxygen atoms in total. The van der Waals surface area contributed by atoms with E-state index in [0.29, 0.717) is 13.1 Å². The van der Waals surface area contributed by atoms with Gasteiger partial charge in [-0.25, -0.2) is 9.97 Å². The normalized spacial score (nSPS) is 10.0. The summed E-state index contributed by atoms with van der Waals surface area (Å²) in [6.07, 6.45) is 2.43. The Morgan fingerprint density at radius 2 is 2.17 bits per heavy atom. The number of amides is 1. The van der Waals surface area contributed by atoms with Gasteiger partial charge >= 0.3 is 0 Å². The molecule has 1 rings (SSSR count). The zero-order valence-corrected chi connectivity index (χ0v) is 11.4. The number of nitrogens with zero attached hydrogens (tertiary/aromatic N) is 3. The number of carbonyl (C=O) groups is 1. The third kappa shape index (κ3) is 3.58. The van der Waals surface area contributed by atoms with Crippen LogP contribution in [0.4, 0.5) is 11.6 Å². The van der Waals surface area contributed by atoms with Crippen molar-refractivity contribution >= 4 is 17.5 Å². The van der Waals surface area contributed by atoms with E-state index < -0.39 is 0 Å². The second-order valence-electron chi connectivity index (χ2n) is 4.13. The van der Waals surface area contributed by atoms with E-state index in [0.717, 1.165) is 23.6 Å². The Balaban J connectivity index is 2.72. The van der Waals surface area contributed by atoms with Crippen molar-refractivity contribution < 1.29 is 4.79 Å². The Bertz CT molecular complexity index is 407. The molecule has 0 aliphatic rings. The van der Waals surface area contributed by atoms with Gasteiger partial charge in [-0.05, 0) is 13.3 Å². The lowest BCUT2D eigenvalue weighted by Gasteiger charge is -2.20. The molecule has 1 heterocycles. The Morgan fingerprint density at radius 1 is 1.44 bits per heavy atom. The maximum absolute atomic E-state index is 11.6. The number of nitrogens with one attached hydrogen (secondary N) is 2. The first-order valence-electron chi connectivity index (χ1n) is 6.07. The van der Waals surface area contributed by atoms with Crippen LogP contribution >= 0.6 is 0 Å². The predicted octanol–water partition coefficient (Wildman–Crippen LogP) is 0.789. The van der Waals surface area contributed by atoms with E-state index >= 15 is 0 Å². The SMILES string of the molecule is CCCNC(=O)CN(C)c1ncnc(NC)c1C. The Morgan fingerprint density at radius 3 is 2.78 bits per heavy atom. The summed E-state index contributed by atoms with van der Waals surface area (Å²) >= 11 is 0. The molecule has 1 amide bonds. The van der Waals surface area contributed by atoms with Crippen molar-refractivity contribution in [3.63, 3.8) is 0 Å². The number of hydrogen-bond donors (Lipinski definition) is 2. The monoisotopic (exact) mass is 251 g/mol. The first-order valence-corrected chi connectivity index (χ1v) is 6.07. The van der Waals surface area contributed by atoms with Gasteiger partial charge in [0.05, 0.1) is 6.54 Å². The number of rotatable bonds is 6. The van der Waals surface area contributed by atoms with Crippen molar-refractivity contribution in [1.29, 1.82) is 0 Å². The maximum Gasteiger partial charge on any atom is 0.239 e. The van der Waals surface area contributed by atoms with E-state index in [1.807, 2.05) is 32.8 Å². The number of hydrogen-bond acceptors (Lipinski definition) is 5. The van der Waals surface area contributed by atoms with Crippen LogP contribution in [0.5, 0.6) is 0 Å². The van der Waals surface area contributed by atoms with E-state index in [4.69, 9.17) is 0 Å². The lowest BCUT2D eigenvalue weighted by molar-refractivity contribution is -0.119. The topological polar surface area (TPSA) is 70.2 Å². The van der Waals surface area contributed by atoms with Crippen LogP contribution in [0.15, 0.2) is 6.33 Å². The zero-order valence-electron chi connectivity index (χ0n) is 11.4. The van der Waals surface area contributed by atoms with Crippen LogP contribution in [0.1, 0.15) is 18.9 Å². The lowest BCUT2D eigenvalue weighted by Crippen LogP contribution is -2.36. The lowest BCUT2D eigenvalue weighted by atomic mass is 10.3. The fourth-order valence-electron chi connectivity index (χ4n) is 1.69. The van der Waals surface area contributed by atoms with Crippen molar-refractivity contribution in [3.05, 3.63) is 11.9 Å². The van der Waals surface area contributed by atoms with Crippen molar-refractivity contribution in [2.75, 3.05) is 37.4 Å². The minimum atomic E-state index is 0.00312. The van der Waals surface area contributed by atoms with Gasteiger partial charge in [-0.2, -0.15) is 0 Å². The van der Waals surface area contributed by atoms with Gasteiger partial charge < -0.3 is 15.5 Å². The molecule has 0 radical (unpaired) electrons. The highest BCUT2D eigenvalue weighted by Gasteiger charge is 2.12. The molecule has 0 aliphatic heterocycles. The molecule has 0 fully saturated rings. The Hall–Kier alpha value is -1.85. The molecular formula is C12H21N5O. The van der Waals surface area contributed by atoms with Crippen LogP contribution in [-0.4, -0.2) is 43.1 Å². The molecule has 0 saturated carbocycles. The quantitative estimate of drug-likeness (QED) is 0.782. The molecule has 2 N–H and O–H groups in total. The summed E-state index contributed by atoms with van der Waals surface area (Å²) in [7, 11) is 3.66. The third-order valence-electron chi connectivity index (χ3n) is 2.61. The molecule has 1 aromatic heterocycles. The molecule has 0 spiro atoms. The molecule has 6 heteroatoms. The molecule has 0 unspecified atom stereocenters. The fourth-order valence-corrected chi connectivity index (χ4v) is 1.69. The average molecular weight is 251 g/mol. The van der Waals surface area contributed by atoms with Crippen LogP contribution in [0.2, 0.25) is 0 Å². The van der Waals surface area contributed by atoms with E-state index in [1.165, 1.54) is 6.33 Å². The van der Waals surface area contributed by atoms with Gasteiger partial charge in [0.15, 0.2) is 0 Å². The fraction of sp³-hybridized carbons (Fsp3) is 0.583. The van der Waals surface area contributed by atoms with Crippen LogP contribution in [0.3, 0.4) is 0 Å². The average Bonchev–Trinajstić information content (AvgIpc) is 2.36. The summed E-state index contributed by atoms with van der Waals surface area (Å²) in [4.78, 5) is 21.8. The van der Waals surface area contributed by atoms with Crippen LogP contribution in [0.25, 0.3) is 0 Å². The summed E-state index contributed by atoms with van der Waals surface area (Å²) in [6, 6.07) is 0. The van der Waals surface area contributed by atoms with Gasteiger partial charge in [-0.3, -0.25) is 4.79 Å². The van der Waals surface area contributed by atoms with Gasteiger partial charge in [0.1, 0.15) is 18.0 Å². The summed E-state index contributed by atoms with van der Waals surface area (Å²) in [5.41, 5.74) is 0.936. The van der Waals surface area contributed by atoms with E-state index in [2.05, 4.69) is 20.6 Å². The van der Waals surface area contributed by atoms with Crippen molar-refractivity contribution in [2.45, 2.75) is 20.3 Å². The molecule has 0 aliphatic carbocycles. The Labute approximate surface area is 108 Å². The number of likely N-dealkylation sites (N-methyl/N-ethyl adjacent to an activating group) is 1. The zero-order chi connectivity index (χ0) is 13.5. The number of aromatic nitrogens is 2. The summed E-state index contributed by atoms with van der Waals surface area (Å²) < 4.78 is 0. The molecule has 0 bridgehead atoms. The summed E-state index contributed by atoms with van der Waals surface area (Å²) in [5.74, 6) is 1.55. The predicted molar refractivity (Wildman–Crippen MR) is 72.9 cm³/mol. The molecule has 100 valence electrons. The van der Waals surface area contributed by atoms with Gasteiger partial charge in [0.25, 0.3) is 0 Å². The van der Waals surface area contributed by atoms with Crippen molar-refractivity contribution in [1.82, 2.24) is 15.3 Å². The molecule has 1 aromatic rings. The summed E-state index contributed by atoms with van der Waals surface area (Å²) in [6.45, 7) is 4.96. The van der Waals surface area contributed by atoms with Crippen LogP contribution in [0, 0.1) is 6.92 Å². The smallest absolute Gasteiger partial charge is 0.239 e. The van der Waals surface area contributed by atoms with Crippen molar-refractivity contribution in [3.8, 4) is 0 Å². The molecule has 0 saturated heterocycles. The highest BCUT2D eigenvalue weighted by Crippen LogP contribution is 2.20. The molecule has 0 aromatic carbocycles. The molecule has 18 heavy (non-hydrogen) atoms. The highest BCUT2D eigenvalue weighted by atomic mass is 16.2. The molecular weight excluding hydrogens is 230 g/mol. The Kier molecular flexibility index (Phi) is 5.35. The second kappa shape index (κ2) is 6.78. The highest BCUT2D eigenvalue weighted by molar-refractivity contribution is 5.81. The van der Waals surface area contributed by atoms with Gasteiger partial charge in [-0.1, -0.05) is 6.92 Å². The van der Waals surface area contributed by atoms with Crippen LogP contribution in [-0.2, 0) is 4.79 Å². The molecule has 0 atom stereocenters. The standard InChI is InChI=1S/C12H21N5O/c1-5-6-14-10(18)7-17(4)12-9(2)11(13-3)15-8-16-12/h8H,5-7H2,1-4H3,(H,14,18)(H,13,15,16). The minimum absolute atomic E-state index is 0.00312. The minimum Gasteiger partial charge on any atom is -0.373 e. The van der Waals surface area contributed by atoms with E-state index in [9.17, 15) is 4.79 Å². The van der Waals surface area contributed by atoms with E-state index in [1.54, 1.807) is 0 Å². The third-order valence-corrected chi connectivity index (χ3v) is 2.61. The van der Waals surface area contributed by atoms with Crippen molar-refractivity contribution in [2.24, 2.45) is 0 Å².